The highest BCUT2D eigenvalue weighted by atomic mass is 32.2. The summed E-state index contributed by atoms with van der Waals surface area (Å²) in [4.78, 5) is 26.4. The van der Waals surface area contributed by atoms with E-state index in [4.69, 9.17) is 14.5 Å². The molecule has 0 saturated heterocycles. The van der Waals surface area contributed by atoms with Gasteiger partial charge in [0.2, 0.25) is 5.56 Å². The quantitative estimate of drug-likeness (QED) is 0.458. The first-order chi connectivity index (χ1) is 13.8. The number of nitriles is 1. The molecule has 0 aliphatic heterocycles. The number of alkyl halides is 3. The largest absolute Gasteiger partial charge is 0.458 e. The van der Waals surface area contributed by atoms with Crippen molar-refractivity contribution in [3.63, 3.8) is 0 Å². The highest BCUT2D eigenvalue weighted by Crippen LogP contribution is 2.34. The number of nitrogens with one attached hydrogen (secondary N) is 1. The molecule has 0 aliphatic rings. The molecular weight excluding hydrogens is 431 g/mol. The molecule has 0 saturated carbocycles. The lowest BCUT2D eigenvalue weighted by molar-refractivity contribution is -0.141. The minimum atomic E-state index is -4.87. The molecular formula is C17H10F3N3O4S2. The van der Waals surface area contributed by atoms with Gasteiger partial charge in [0.25, 0.3) is 0 Å². The van der Waals surface area contributed by atoms with Crippen molar-refractivity contribution in [2.75, 3.05) is 5.75 Å². The van der Waals surface area contributed by atoms with Gasteiger partial charge in [0, 0.05) is 12.1 Å². The minimum absolute atomic E-state index is 0.196. The van der Waals surface area contributed by atoms with Gasteiger partial charge in [-0.15, -0.1) is 11.3 Å². The van der Waals surface area contributed by atoms with Crippen LogP contribution in [0.4, 0.5) is 13.2 Å². The number of carbonyl (C=O) groups is 1. The summed E-state index contributed by atoms with van der Waals surface area (Å²) >= 11 is 2.01. The highest BCUT2D eigenvalue weighted by molar-refractivity contribution is 7.99. The first kappa shape index (κ1) is 20.7. The third-order valence-electron chi connectivity index (χ3n) is 3.46. The number of esters is 1. The van der Waals surface area contributed by atoms with Crippen LogP contribution in [0.3, 0.4) is 0 Å². The lowest BCUT2D eigenvalue weighted by atomic mass is 10.1. The van der Waals surface area contributed by atoms with Gasteiger partial charge in [0.1, 0.15) is 18.4 Å². The maximum absolute atomic E-state index is 13.0. The topological polar surface area (TPSA) is 109 Å². The number of hydrogen-bond donors (Lipinski definition) is 1. The van der Waals surface area contributed by atoms with Crippen LogP contribution in [-0.4, -0.2) is 21.9 Å². The van der Waals surface area contributed by atoms with Crippen LogP contribution in [0.15, 0.2) is 44.0 Å². The molecule has 1 N–H and O–H groups in total. The molecule has 150 valence electrons. The molecule has 0 aliphatic carbocycles. The van der Waals surface area contributed by atoms with Crippen LogP contribution in [0.1, 0.15) is 16.8 Å². The zero-order chi connectivity index (χ0) is 21.0. The number of H-pyrrole nitrogens is 1. The fourth-order valence-electron chi connectivity index (χ4n) is 2.22. The molecule has 0 bridgehead atoms. The molecule has 3 aromatic rings. The Labute approximate surface area is 169 Å². The zero-order valence-electron chi connectivity index (χ0n) is 14.3. The number of ether oxygens (including phenoxy) is 1. The van der Waals surface area contributed by atoms with Gasteiger partial charge >= 0.3 is 12.1 Å². The predicted molar refractivity (Wildman–Crippen MR) is 97.1 cm³/mol. The number of halogens is 3. The van der Waals surface area contributed by atoms with E-state index in [0.29, 0.717) is 29.3 Å². The molecule has 0 aromatic carbocycles. The number of aromatic amines is 1. The van der Waals surface area contributed by atoms with E-state index in [1.807, 2.05) is 17.5 Å². The summed E-state index contributed by atoms with van der Waals surface area (Å²) in [5, 5.41) is 14.3. The summed E-state index contributed by atoms with van der Waals surface area (Å²) in [6.07, 6.45) is -4.87. The van der Waals surface area contributed by atoms with Crippen molar-refractivity contribution >= 4 is 29.1 Å². The molecule has 0 unspecified atom stereocenters. The maximum atomic E-state index is 13.0. The molecule has 3 rings (SSSR count). The van der Waals surface area contributed by atoms with Crippen LogP contribution in [0.2, 0.25) is 0 Å². The van der Waals surface area contributed by atoms with Crippen LogP contribution >= 0.6 is 23.1 Å². The fourth-order valence-corrected chi connectivity index (χ4v) is 3.71. The molecule has 3 aromatic heterocycles. The summed E-state index contributed by atoms with van der Waals surface area (Å²) in [6.45, 7) is -0.196. The fraction of sp³-hybridized carbons (Fsp3) is 0.176. The Balaban J connectivity index is 1.62. The number of carbonyl (C=O) groups excluding carboxylic acids is 1. The molecule has 29 heavy (non-hydrogen) atoms. The number of hydrogen-bond acceptors (Lipinski definition) is 8. The Morgan fingerprint density at radius 1 is 1.41 bits per heavy atom. The van der Waals surface area contributed by atoms with E-state index < -0.39 is 34.6 Å². The Hall–Kier alpha value is -3.04. The van der Waals surface area contributed by atoms with E-state index in [-0.39, 0.29) is 11.6 Å². The van der Waals surface area contributed by atoms with Gasteiger partial charge in [0.15, 0.2) is 5.76 Å². The van der Waals surface area contributed by atoms with Crippen molar-refractivity contribution in [1.29, 1.82) is 5.26 Å². The van der Waals surface area contributed by atoms with E-state index in [1.165, 1.54) is 17.4 Å². The molecule has 3 heterocycles. The van der Waals surface area contributed by atoms with E-state index in [2.05, 4.69) is 10.1 Å². The van der Waals surface area contributed by atoms with Crippen molar-refractivity contribution in [2.24, 2.45) is 0 Å². The van der Waals surface area contributed by atoms with Gasteiger partial charge in [-0.25, -0.2) is 0 Å². The number of thiophene rings is 1. The maximum Gasteiger partial charge on any atom is 0.417 e. The molecule has 7 nitrogen and oxygen atoms in total. The third-order valence-corrected chi connectivity index (χ3v) is 5.32. The Kier molecular flexibility index (Phi) is 6.09. The molecule has 0 radical (unpaired) electrons. The van der Waals surface area contributed by atoms with Gasteiger partial charge in [-0.05, 0) is 11.4 Å². The molecule has 0 atom stereocenters. The molecule has 0 spiro atoms. The standard InChI is InChI=1S/C17H10F3N3O4S2/c18-17(19,20)11-5-14(24)22-16(10(11)6-21)29-8-15(25)26-7-9-4-12(27-23-9)13-2-1-3-28-13/h1-5H,7-8H2,(H,22,24). The molecule has 0 amide bonds. The third kappa shape index (κ3) is 5.07. The molecule has 0 fully saturated rings. The Bertz CT molecular complexity index is 1110. The van der Waals surface area contributed by atoms with Gasteiger partial charge < -0.3 is 14.2 Å². The van der Waals surface area contributed by atoms with Crippen molar-refractivity contribution < 1.29 is 27.2 Å². The lowest BCUT2D eigenvalue weighted by Gasteiger charge is -2.11. The monoisotopic (exact) mass is 441 g/mol. The molecule has 12 heteroatoms. The highest BCUT2D eigenvalue weighted by Gasteiger charge is 2.35. The summed E-state index contributed by atoms with van der Waals surface area (Å²) < 4.78 is 49.1. The Morgan fingerprint density at radius 3 is 2.86 bits per heavy atom. The van der Waals surface area contributed by atoms with Crippen LogP contribution in [-0.2, 0) is 22.3 Å². The number of rotatable bonds is 6. The van der Waals surface area contributed by atoms with Crippen LogP contribution < -0.4 is 5.56 Å². The van der Waals surface area contributed by atoms with Crippen molar-refractivity contribution in [1.82, 2.24) is 10.1 Å². The second-order valence-corrected chi connectivity index (χ2v) is 7.40. The van der Waals surface area contributed by atoms with Crippen molar-refractivity contribution in [3.05, 3.63) is 56.8 Å². The van der Waals surface area contributed by atoms with E-state index in [0.717, 1.165) is 4.88 Å². The first-order valence-corrected chi connectivity index (χ1v) is 9.67. The normalized spacial score (nSPS) is 11.2. The van der Waals surface area contributed by atoms with Crippen molar-refractivity contribution in [2.45, 2.75) is 17.8 Å². The summed E-state index contributed by atoms with van der Waals surface area (Å²) in [6, 6.07) is 6.99. The average Bonchev–Trinajstić information content (AvgIpc) is 3.34. The second kappa shape index (κ2) is 8.54. The summed E-state index contributed by atoms with van der Waals surface area (Å²) in [5.41, 5.74) is -2.79. The van der Waals surface area contributed by atoms with Gasteiger partial charge in [0.05, 0.1) is 26.8 Å². The lowest BCUT2D eigenvalue weighted by Crippen LogP contribution is -2.17. The van der Waals surface area contributed by atoms with Crippen LogP contribution in [0, 0.1) is 11.3 Å². The Morgan fingerprint density at radius 2 is 2.21 bits per heavy atom. The van der Waals surface area contributed by atoms with Gasteiger partial charge in [-0.2, -0.15) is 18.4 Å². The second-order valence-electron chi connectivity index (χ2n) is 5.47. The van der Waals surface area contributed by atoms with Crippen LogP contribution in [0.5, 0.6) is 0 Å². The van der Waals surface area contributed by atoms with E-state index >= 15 is 0 Å². The first-order valence-electron chi connectivity index (χ1n) is 7.80. The smallest absolute Gasteiger partial charge is 0.417 e. The van der Waals surface area contributed by atoms with Gasteiger partial charge in [-0.3, -0.25) is 9.59 Å². The van der Waals surface area contributed by atoms with E-state index in [1.54, 1.807) is 6.07 Å². The minimum Gasteiger partial charge on any atom is -0.458 e. The van der Waals surface area contributed by atoms with Crippen LogP contribution in [0.25, 0.3) is 10.6 Å². The van der Waals surface area contributed by atoms with E-state index in [9.17, 15) is 22.8 Å². The summed E-state index contributed by atoms with van der Waals surface area (Å²) in [5.74, 6) is -0.667. The predicted octanol–water partition coefficient (Wildman–Crippen LogP) is 3.82. The number of thioether (sulfide) groups is 1. The van der Waals surface area contributed by atoms with Gasteiger partial charge in [-0.1, -0.05) is 23.0 Å². The zero-order valence-corrected chi connectivity index (χ0v) is 15.9. The summed E-state index contributed by atoms with van der Waals surface area (Å²) in [7, 11) is 0. The average molecular weight is 441 g/mol. The SMILES string of the molecule is N#Cc1c(C(F)(F)F)cc(=O)[nH]c1SCC(=O)OCc1cc(-c2cccs2)on1. The number of nitrogens with zero attached hydrogens (tertiary/aromatic N) is 2. The van der Waals surface area contributed by atoms with Crippen molar-refractivity contribution in [3.8, 4) is 16.7 Å². The number of pyridine rings is 1. The number of aromatic nitrogens is 2.